The van der Waals surface area contributed by atoms with Gasteiger partial charge in [0.2, 0.25) is 11.8 Å². The van der Waals surface area contributed by atoms with Crippen LogP contribution in [0.1, 0.15) is 48.9 Å². The summed E-state index contributed by atoms with van der Waals surface area (Å²) in [6.07, 6.45) is 5.60. The molecule has 0 radical (unpaired) electrons. The molecule has 0 atom stereocenters. The fourth-order valence-electron chi connectivity index (χ4n) is 4.55. The highest BCUT2D eigenvalue weighted by molar-refractivity contribution is 6.29. The van der Waals surface area contributed by atoms with Gasteiger partial charge < -0.3 is 19.0 Å². The fraction of sp³-hybridized carbons (Fsp3) is 0.320. The lowest BCUT2D eigenvalue weighted by molar-refractivity contribution is 0.387. The molecule has 0 unspecified atom stereocenters. The predicted octanol–water partition coefficient (Wildman–Crippen LogP) is 4.30. The SMILES string of the molecule is COc1cccc(OC)c1-n1c(C2CCCC2)nc(O)c(-c2nnc(Cc3ccc(Cl)nc3)o2)c1=O. The Morgan fingerprint density at radius 2 is 1.83 bits per heavy atom. The van der Waals surface area contributed by atoms with Gasteiger partial charge in [-0.05, 0) is 36.6 Å². The van der Waals surface area contributed by atoms with Gasteiger partial charge in [-0.1, -0.05) is 36.6 Å². The van der Waals surface area contributed by atoms with Crippen molar-refractivity contribution in [3.63, 3.8) is 0 Å². The van der Waals surface area contributed by atoms with E-state index in [1.807, 2.05) is 0 Å². The Labute approximate surface area is 211 Å². The number of aromatic hydroxyl groups is 1. The average Bonchev–Trinajstić information content (AvgIpc) is 3.58. The molecule has 0 saturated heterocycles. The first-order chi connectivity index (χ1) is 17.5. The van der Waals surface area contributed by atoms with E-state index in [0.717, 1.165) is 31.2 Å². The molecule has 0 spiro atoms. The smallest absolute Gasteiger partial charge is 0.275 e. The molecule has 186 valence electrons. The molecule has 4 aromatic rings. The highest BCUT2D eigenvalue weighted by atomic mass is 35.5. The quantitative estimate of drug-likeness (QED) is 0.363. The topological polar surface area (TPSA) is 125 Å². The zero-order chi connectivity index (χ0) is 25.2. The van der Waals surface area contributed by atoms with Crippen LogP contribution in [-0.2, 0) is 6.42 Å². The molecule has 1 saturated carbocycles. The van der Waals surface area contributed by atoms with Crippen molar-refractivity contribution < 1.29 is 19.0 Å². The molecule has 11 heteroatoms. The summed E-state index contributed by atoms with van der Waals surface area (Å²) in [4.78, 5) is 22.5. The van der Waals surface area contributed by atoms with Crippen molar-refractivity contribution in [2.45, 2.75) is 38.0 Å². The van der Waals surface area contributed by atoms with Gasteiger partial charge in [0.25, 0.3) is 11.4 Å². The second kappa shape index (κ2) is 9.98. The van der Waals surface area contributed by atoms with Crippen LogP contribution < -0.4 is 15.0 Å². The number of pyridine rings is 1. The van der Waals surface area contributed by atoms with Crippen LogP contribution in [0.2, 0.25) is 5.15 Å². The molecule has 1 aromatic carbocycles. The molecule has 3 aromatic heterocycles. The molecule has 1 fully saturated rings. The Kier molecular flexibility index (Phi) is 6.60. The Morgan fingerprint density at radius 1 is 1.11 bits per heavy atom. The van der Waals surface area contributed by atoms with Crippen molar-refractivity contribution in [3.05, 3.63) is 69.3 Å². The molecule has 0 bridgehead atoms. The second-order valence-corrected chi connectivity index (χ2v) is 8.86. The lowest BCUT2D eigenvalue weighted by Gasteiger charge is -2.21. The normalized spacial score (nSPS) is 13.8. The molecular formula is C25H24ClN5O5. The number of para-hydroxylation sites is 1. The number of rotatable bonds is 7. The standard InChI is InChI=1S/C25H24ClN5O5/c1-34-16-8-5-9-17(35-2)21(16)31-22(15-6-3-4-7-15)28-23(32)20(25(31)33)24-30-29-19(36-24)12-14-10-11-18(26)27-13-14/h5,8-11,13,15,32H,3-4,6-7,12H2,1-2H3. The van der Waals surface area contributed by atoms with Crippen molar-refractivity contribution in [2.75, 3.05) is 14.2 Å². The van der Waals surface area contributed by atoms with Crippen LogP contribution in [0.3, 0.4) is 0 Å². The minimum atomic E-state index is -0.560. The summed E-state index contributed by atoms with van der Waals surface area (Å²) in [7, 11) is 3.03. The maximum Gasteiger partial charge on any atom is 0.275 e. The number of methoxy groups -OCH3 is 2. The third kappa shape index (κ3) is 4.39. The third-order valence-electron chi connectivity index (χ3n) is 6.26. The molecule has 36 heavy (non-hydrogen) atoms. The van der Waals surface area contributed by atoms with Gasteiger partial charge in [-0.25, -0.2) is 4.98 Å². The third-order valence-corrected chi connectivity index (χ3v) is 6.48. The summed E-state index contributed by atoms with van der Waals surface area (Å²) in [6, 6.07) is 8.69. The van der Waals surface area contributed by atoms with E-state index in [2.05, 4.69) is 20.2 Å². The van der Waals surface area contributed by atoms with Crippen LogP contribution in [0, 0.1) is 0 Å². The van der Waals surface area contributed by atoms with Crippen molar-refractivity contribution >= 4 is 11.6 Å². The minimum absolute atomic E-state index is 0.0112. The van der Waals surface area contributed by atoms with E-state index in [0.29, 0.717) is 28.2 Å². The molecule has 0 aliphatic heterocycles. The van der Waals surface area contributed by atoms with Crippen molar-refractivity contribution in [1.29, 1.82) is 0 Å². The molecule has 1 aliphatic rings. The van der Waals surface area contributed by atoms with Crippen LogP contribution in [0.25, 0.3) is 17.1 Å². The summed E-state index contributed by atoms with van der Waals surface area (Å²) in [5.41, 5.74) is 0.438. The minimum Gasteiger partial charge on any atom is -0.494 e. The second-order valence-electron chi connectivity index (χ2n) is 8.47. The summed E-state index contributed by atoms with van der Waals surface area (Å²) in [5.74, 6) is 0.926. The van der Waals surface area contributed by atoms with Crippen LogP contribution in [-0.4, -0.2) is 44.1 Å². The average molecular weight is 510 g/mol. The Morgan fingerprint density at radius 3 is 2.47 bits per heavy atom. The summed E-state index contributed by atoms with van der Waals surface area (Å²) in [5, 5.41) is 19.3. The molecule has 3 heterocycles. The highest BCUT2D eigenvalue weighted by Gasteiger charge is 2.31. The molecule has 5 rings (SSSR count). The maximum absolute atomic E-state index is 14.0. The molecule has 1 aliphatic carbocycles. The lowest BCUT2D eigenvalue weighted by Crippen LogP contribution is -2.27. The highest BCUT2D eigenvalue weighted by Crippen LogP contribution is 2.39. The predicted molar refractivity (Wildman–Crippen MR) is 131 cm³/mol. The number of hydrogen-bond donors (Lipinski definition) is 1. The van der Waals surface area contributed by atoms with Gasteiger partial charge in [-0.2, -0.15) is 4.98 Å². The molecule has 1 N–H and O–H groups in total. The number of hydrogen-bond acceptors (Lipinski definition) is 9. The molecular weight excluding hydrogens is 486 g/mol. The monoisotopic (exact) mass is 509 g/mol. The van der Waals surface area contributed by atoms with E-state index in [-0.39, 0.29) is 29.7 Å². The number of halogens is 1. The van der Waals surface area contributed by atoms with Gasteiger partial charge in [-0.15, -0.1) is 10.2 Å². The fourth-order valence-corrected chi connectivity index (χ4v) is 4.66. The van der Waals surface area contributed by atoms with Crippen molar-refractivity contribution in [3.8, 4) is 34.5 Å². The Hall–Kier alpha value is -3.92. The molecule has 10 nitrogen and oxygen atoms in total. The summed E-state index contributed by atoms with van der Waals surface area (Å²) < 4.78 is 18.4. The zero-order valence-electron chi connectivity index (χ0n) is 19.8. The van der Waals surface area contributed by atoms with Gasteiger partial charge in [0.05, 0.1) is 20.6 Å². The lowest BCUT2D eigenvalue weighted by atomic mass is 10.1. The summed E-state index contributed by atoms with van der Waals surface area (Å²) in [6.45, 7) is 0. The molecule has 0 amide bonds. The van der Waals surface area contributed by atoms with Crippen LogP contribution >= 0.6 is 11.6 Å². The van der Waals surface area contributed by atoms with Crippen LogP contribution in [0.15, 0.2) is 45.7 Å². The van der Waals surface area contributed by atoms with Gasteiger partial charge in [0, 0.05) is 12.1 Å². The number of aromatic nitrogens is 5. The van der Waals surface area contributed by atoms with Crippen molar-refractivity contribution in [2.24, 2.45) is 0 Å². The first kappa shape index (κ1) is 23.8. The Balaban J connectivity index is 1.66. The van der Waals surface area contributed by atoms with E-state index in [9.17, 15) is 9.90 Å². The zero-order valence-corrected chi connectivity index (χ0v) is 20.5. The van der Waals surface area contributed by atoms with Crippen LogP contribution in [0.5, 0.6) is 17.4 Å². The number of nitrogens with zero attached hydrogens (tertiary/aromatic N) is 5. The van der Waals surface area contributed by atoms with Crippen molar-refractivity contribution in [1.82, 2.24) is 24.7 Å². The summed E-state index contributed by atoms with van der Waals surface area (Å²) >= 11 is 5.85. The largest absolute Gasteiger partial charge is 0.494 e. The maximum atomic E-state index is 14.0. The van der Waals surface area contributed by atoms with E-state index >= 15 is 0 Å². The van der Waals surface area contributed by atoms with Gasteiger partial charge in [-0.3, -0.25) is 9.36 Å². The number of ether oxygens (including phenoxy) is 2. The first-order valence-corrected chi connectivity index (χ1v) is 11.9. The van der Waals surface area contributed by atoms with Gasteiger partial charge in [0.1, 0.15) is 28.2 Å². The van der Waals surface area contributed by atoms with Gasteiger partial charge >= 0.3 is 0 Å². The number of benzene rings is 1. The van der Waals surface area contributed by atoms with Gasteiger partial charge in [0.15, 0.2) is 5.56 Å². The van der Waals surface area contributed by atoms with E-state index in [1.165, 1.54) is 18.8 Å². The first-order valence-electron chi connectivity index (χ1n) is 11.5. The van der Waals surface area contributed by atoms with Crippen LogP contribution in [0.4, 0.5) is 0 Å². The Bertz CT molecular complexity index is 1420. The van der Waals surface area contributed by atoms with E-state index in [4.69, 9.17) is 25.5 Å². The van der Waals surface area contributed by atoms with E-state index < -0.39 is 11.4 Å². The van der Waals surface area contributed by atoms with E-state index in [1.54, 1.807) is 36.5 Å².